The molecule has 1 aliphatic rings. The molecule has 1 rings (SSSR count). The van der Waals surface area contributed by atoms with Crippen molar-refractivity contribution in [2.75, 3.05) is 40.3 Å². The monoisotopic (exact) mass is 198 g/mol. The van der Waals surface area contributed by atoms with Crippen molar-refractivity contribution in [3.05, 3.63) is 11.6 Å². The van der Waals surface area contributed by atoms with Crippen molar-refractivity contribution in [3.63, 3.8) is 0 Å². The lowest BCUT2D eigenvalue weighted by molar-refractivity contribution is -0.133. The van der Waals surface area contributed by atoms with Crippen LogP contribution in [0.15, 0.2) is 11.6 Å². The van der Waals surface area contributed by atoms with E-state index in [-0.39, 0.29) is 0 Å². The largest absolute Gasteiger partial charge is 0.478 e. The molecule has 0 spiro atoms. The number of carbonyl (C=O) groups is 1. The van der Waals surface area contributed by atoms with Crippen molar-refractivity contribution >= 4 is 5.97 Å². The minimum Gasteiger partial charge on any atom is -0.478 e. The normalized spacial score (nSPS) is 18.4. The molecule has 4 heteroatoms. The van der Waals surface area contributed by atoms with Gasteiger partial charge in [0, 0.05) is 31.8 Å². The molecule has 80 valence electrons. The Hall–Kier alpha value is -0.870. The van der Waals surface area contributed by atoms with E-state index < -0.39 is 5.97 Å². The van der Waals surface area contributed by atoms with Crippen LogP contribution in [0.5, 0.6) is 0 Å². The number of nitrogens with zero attached hydrogens (tertiary/aromatic N) is 2. The second kappa shape index (κ2) is 5.12. The van der Waals surface area contributed by atoms with Gasteiger partial charge in [0.1, 0.15) is 0 Å². The molecule has 1 heterocycles. The molecule has 4 nitrogen and oxygen atoms in total. The molecule has 0 fully saturated rings. The van der Waals surface area contributed by atoms with E-state index in [0.717, 1.165) is 26.2 Å². The summed E-state index contributed by atoms with van der Waals surface area (Å²) >= 11 is 0. The van der Waals surface area contributed by atoms with Gasteiger partial charge < -0.3 is 10.0 Å². The number of aliphatic carboxylic acids is 1. The molecule has 0 amide bonds. The maximum absolute atomic E-state index is 10.6. The first-order valence-electron chi connectivity index (χ1n) is 4.89. The van der Waals surface area contributed by atoms with Gasteiger partial charge in [-0.1, -0.05) is 6.08 Å². The molecule has 0 aliphatic carbocycles. The third-order valence-corrected chi connectivity index (χ3v) is 2.43. The number of hydrogen-bond acceptors (Lipinski definition) is 3. The maximum Gasteiger partial charge on any atom is 0.331 e. The molecule has 0 aromatic rings. The van der Waals surface area contributed by atoms with E-state index in [1.165, 1.54) is 0 Å². The average Bonchev–Trinajstić information content (AvgIpc) is 2.15. The van der Waals surface area contributed by atoms with E-state index in [9.17, 15) is 4.79 Å². The zero-order chi connectivity index (χ0) is 10.6. The highest BCUT2D eigenvalue weighted by Crippen LogP contribution is 2.10. The van der Waals surface area contributed by atoms with Crippen LogP contribution in [0, 0.1) is 0 Å². The van der Waals surface area contributed by atoms with Gasteiger partial charge >= 0.3 is 5.97 Å². The van der Waals surface area contributed by atoms with Gasteiger partial charge in [-0.2, -0.15) is 0 Å². The van der Waals surface area contributed by atoms with Gasteiger partial charge in [-0.05, 0) is 20.5 Å². The number of carboxylic acid groups (broad SMARTS) is 1. The molecule has 0 saturated heterocycles. The number of carboxylic acids is 1. The molecule has 0 unspecified atom stereocenters. The highest BCUT2D eigenvalue weighted by molar-refractivity contribution is 5.86. The summed E-state index contributed by atoms with van der Waals surface area (Å²) in [6.07, 6.45) is 2.49. The minimum atomic E-state index is -0.766. The Morgan fingerprint density at radius 2 is 2.36 bits per heavy atom. The number of hydrogen-bond donors (Lipinski definition) is 1. The third kappa shape index (κ3) is 3.47. The number of likely N-dealkylation sites (N-methyl/N-ethyl adjacent to an activating group) is 1. The topological polar surface area (TPSA) is 43.8 Å². The van der Waals surface area contributed by atoms with Gasteiger partial charge in [0.2, 0.25) is 0 Å². The zero-order valence-corrected chi connectivity index (χ0v) is 8.86. The van der Waals surface area contributed by atoms with Crippen LogP contribution < -0.4 is 0 Å². The van der Waals surface area contributed by atoms with Crippen LogP contribution in [0.1, 0.15) is 6.42 Å². The lowest BCUT2D eigenvalue weighted by atomic mass is 10.1. The Bertz CT molecular complexity index is 236. The SMILES string of the molecule is CN(C)CCN1CC=C(C(=O)O)CC1. The first kappa shape index (κ1) is 11.2. The summed E-state index contributed by atoms with van der Waals surface area (Å²) in [6.45, 7) is 3.67. The third-order valence-electron chi connectivity index (χ3n) is 2.43. The molecule has 0 radical (unpaired) electrons. The summed E-state index contributed by atoms with van der Waals surface area (Å²) in [5.74, 6) is -0.766. The van der Waals surface area contributed by atoms with Gasteiger partial charge in [-0.25, -0.2) is 4.79 Å². The van der Waals surface area contributed by atoms with E-state index in [4.69, 9.17) is 5.11 Å². The van der Waals surface area contributed by atoms with E-state index in [0.29, 0.717) is 12.0 Å². The fraction of sp³-hybridized carbons (Fsp3) is 0.700. The highest BCUT2D eigenvalue weighted by Gasteiger charge is 2.15. The molecule has 0 saturated carbocycles. The second-order valence-corrected chi connectivity index (χ2v) is 3.89. The summed E-state index contributed by atoms with van der Waals surface area (Å²) in [4.78, 5) is 15.0. The smallest absolute Gasteiger partial charge is 0.331 e. The Morgan fingerprint density at radius 3 is 2.79 bits per heavy atom. The highest BCUT2D eigenvalue weighted by atomic mass is 16.4. The minimum absolute atomic E-state index is 0.561. The summed E-state index contributed by atoms with van der Waals surface area (Å²) < 4.78 is 0. The molecule has 1 N–H and O–H groups in total. The van der Waals surface area contributed by atoms with Crippen molar-refractivity contribution in [1.82, 2.24) is 9.80 Å². The Labute approximate surface area is 84.8 Å². The van der Waals surface area contributed by atoms with E-state index in [1.807, 2.05) is 20.2 Å². The zero-order valence-electron chi connectivity index (χ0n) is 8.86. The Morgan fingerprint density at radius 1 is 1.64 bits per heavy atom. The Balaban J connectivity index is 2.31. The summed E-state index contributed by atoms with van der Waals surface area (Å²) in [6, 6.07) is 0. The van der Waals surface area contributed by atoms with Gasteiger partial charge in [0.15, 0.2) is 0 Å². The molecule has 0 atom stereocenters. The first-order chi connectivity index (χ1) is 6.59. The van der Waals surface area contributed by atoms with Crippen molar-refractivity contribution in [2.24, 2.45) is 0 Å². The summed E-state index contributed by atoms with van der Waals surface area (Å²) in [5, 5.41) is 8.75. The molecule has 0 aromatic heterocycles. The Kier molecular flexibility index (Phi) is 4.10. The molecular formula is C10H18N2O2. The average molecular weight is 198 g/mol. The fourth-order valence-electron chi connectivity index (χ4n) is 1.45. The summed E-state index contributed by atoms with van der Waals surface area (Å²) in [7, 11) is 4.09. The lowest BCUT2D eigenvalue weighted by Gasteiger charge is -2.26. The quantitative estimate of drug-likeness (QED) is 0.704. The van der Waals surface area contributed by atoms with E-state index in [2.05, 4.69) is 9.80 Å². The van der Waals surface area contributed by atoms with Gasteiger partial charge in [-0.3, -0.25) is 4.90 Å². The van der Waals surface area contributed by atoms with Gasteiger partial charge in [0.25, 0.3) is 0 Å². The predicted octanol–water partition coefficient (Wildman–Crippen LogP) is 0.265. The van der Waals surface area contributed by atoms with Crippen molar-refractivity contribution in [2.45, 2.75) is 6.42 Å². The van der Waals surface area contributed by atoms with Crippen LogP contribution in [0.4, 0.5) is 0 Å². The molecular weight excluding hydrogens is 180 g/mol. The van der Waals surface area contributed by atoms with E-state index in [1.54, 1.807) is 0 Å². The van der Waals surface area contributed by atoms with Gasteiger partial charge in [0.05, 0.1) is 0 Å². The van der Waals surface area contributed by atoms with Crippen LogP contribution in [-0.4, -0.2) is 61.2 Å². The van der Waals surface area contributed by atoms with Crippen LogP contribution >= 0.6 is 0 Å². The molecule has 0 bridgehead atoms. The standard InChI is InChI=1S/C10H18N2O2/c1-11(2)7-8-12-5-3-9(4-6-12)10(13)14/h3H,4-8H2,1-2H3,(H,13,14). The van der Waals surface area contributed by atoms with Crippen LogP contribution in [0.3, 0.4) is 0 Å². The van der Waals surface area contributed by atoms with Crippen LogP contribution in [0.25, 0.3) is 0 Å². The van der Waals surface area contributed by atoms with E-state index >= 15 is 0 Å². The van der Waals surface area contributed by atoms with Gasteiger partial charge in [-0.15, -0.1) is 0 Å². The van der Waals surface area contributed by atoms with Crippen molar-refractivity contribution < 1.29 is 9.90 Å². The van der Waals surface area contributed by atoms with Crippen LogP contribution in [-0.2, 0) is 4.79 Å². The molecule has 0 aromatic carbocycles. The maximum atomic E-state index is 10.6. The predicted molar refractivity (Wildman–Crippen MR) is 55.3 cm³/mol. The lowest BCUT2D eigenvalue weighted by Crippen LogP contribution is -2.35. The fourth-order valence-corrected chi connectivity index (χ4v) is 1.45. The first-order valence-corrected chi connectivity index (χ1v) is 4.89. The van der Waals surface area contributed by atoms with Crippen molar-refractivity contribution in [1.29, 1.82) is 0 Å². The van der Waals surface area contributed by atoms with Crippen molar-refractivity contribution in [3.8, 4) is 0 Å². The second-order valence-electron chi connectivity index (χ2n) is 3.89. The molecule has 1 aliphatic heterocycles. The molecule has 14 heavy (non-hydrogen) atoms. The number of rotatable bonds is 4. The van der Waals surface area contributed by atoms with Crippen LogP contribution in [0.2, 0.25) is 0 Å². The summed E-state index contributed by atoms with van der Waals surface area (Å²) in [5.41, 5.74) is 0.561.